The van der Waals surface area contributed by atoms with Crippen molar-refractivity contribution >= 4 is 16.7 Å². The van der Waals surface area contributed by atoms with Crippen LogP contribution in [0.3, 0.4) is 0 Å². The van der Waals surface area contributed by atoms with E-state index in [1.165, 1.54) is 5.56 Å². The Morgan fingerprint density at radius 2 is 1.83 bits per heavy atom. The molecule has 2 heterocycles. The van der Waals surface area contributed by atoms with Crippen LogP contribution in [0.1, 0.15) is 32.9 Å². The number of carbonyl (C=O) groups excluding carboxylic acids is 1. The summed E-state index contributed by atoms with van der Waals surface area (Å²) in [6, 6.07) is 22.2. The van der Waals surface area contributed by atoms with Crippen LogP contribution in [0.15, 0.2) is 71.3 Å². The van der Waals surface area contributed by atoms with Crippen LogP contribution in [0.5, 0.6) is 5.75 Å². The lowest BCUT2D eigenvalue weighted by Gasteiger charge is -2.33. The first kappa shape index (κ1) is 24.0. The maximum Gasteiger partial charge on any atom is 0.255 e. The number of hydrogen-bond donors (Lipinski definition) is 1. The molecule has 1 atom stereocenters. The lowest BCUT2D eigenvalue weighted by atomic mass is 10.0. The van der Waals surface area contributed by atoms with Crippen molar-refractivity contribution in [2.75, 3.05) is 26.2 Å². The Hall–Kier alpha value is -3.68. The number of hydrogen-bond acceptors (Lipinski definition) is 6. The minimum Gasteiger partial charge on any atom is -0.488 e. The van der Waals surface area contributed by atoms with Crippen LogP contribution in [-0.4, -0.2) is 48.3 Å². The lowest BCUT2D eigenvalue weighted by Crippen LogP contribution is -2.47. The standard InChI is InChI=1S/C29H31N3O4/c1-20-27(21(2)36-31-20)19-35-28-15-24-11-7-6-10-23(24)14-26(28)29(33)30-16-25-18-32(12-13-34-25)17-22-8-4-3-5-9-22/h3-11,14-15,25H,12-13,16-19H2,1-2H3,(H,30,33). The SMILES string of the molecule is Cc1noc(C)c1COc1cc2ccccc2cc1C(=O)NCC1CN(Cc2ccccc2)CCO1. The molecule has 1 aliphatic heterocycles. The van der Waals surface area contributed by atoms with Gasteiger partial charge in [-0.05, 0) is 42.3 Å². The van der Waals surface area contributed by atoms with E-state index in [2.05, 4.69) is 39.6 Å². The predicted molar refractivity (Wildman–Crippen MR) is 138 cm³/mol. The Balaban J connectivity index is 1.27. The van der Waals surface area contributed by atoms with E-state index in [0.29, 0.717) is 30.2 Å². The van der Waals surface area contributed by atoms with Gasteiger partial charge in [0.2, 0.25) is 0 Å². The van der Waals surface area contributed by atoms with E-state index in [1.807, 2.05) is 56.3 Å². The number of ether oxygens (including phenoxy) is 2. The zero-order valence-corrected chi connectivity index (χ0v) is 20.7. The van der Waals surface area contributed by atoms with Crippen LogP contribution in [0.2, 0.25) is 0 Å². The van der Waals surface area contributed by atoms with Crippen molar-refractivity contribution in [2.24, 2.45) is 0 Å². The molecule has 1 fully saturated rings. The van der Waals surface area contributed by atoms with Crippen LogP contribution >= 0.6 is 0 Å². The molecule has 4 aromatic rings. The normalized spacial score (nSPS) is 16.2. The average molecular weight is 486 g/mol. The van der Waals surface area contributed by atoms with Crippen LogP contribution in [0, 0.1) is 13.8 Å². The average Bonchev–Trinajstić information content (AvgIpc) is 3.23. The topological polar surface area (TPSA) is 76.8 Å². The molecule has 1 aromatic heterocycles. The van der Waals surface area contributed by atoms with Crippen LogP contribution < -0.4 is 10.1 Å². The van der Waals surface area contributed by atoms with E-state index >= 15 is 0 Å². The summed E-state index contributed by atoms with van der Waals surface area (Å²) in [6.07, 6.45) is -0.0708. The van der Waals surface area contributed by atoms with Crippen LogP contribution in [-0.2, 0) is 17.9 Å². The highest BCUT2D eigenvalue weighted by Gasteiger charge is 2.23. The van der Waals surface area contributed by atoms with Gasteiger partial charge in [-0.2, -0.15) is 0 Å². The second kappa shape index (κ2) is 10.9. The zero-order valence-electron chi connectivity index (χ0n) is 20.7. The second-order valence-corrected chi connectivity index (χ2v) is 9.21. The minimum absolute atomic E-state index is 0.0708. The molecule has 36 heavy (non-hydrogen) atoms. The largest absolute Gasteiger partial charge is 0.488 e. The van der Waals surface area contributed by atoms with Gasteiger partial charge in [0, 0.05) is 26.2 Å². The first-order chi connectivity index (χ1) is 17.6. The van der Waals surface area contributed by atoms with E-state index in [9.17, 15) is 4.79 Å². The van der Waals surface area contributed by atoms with Crippen molar-refractivity contribution in [3.05, 3.63) is 94.9 Å². The van der Waals surface area contributed by atoms with Gasteiger partial charge in [0.25, 0.3) is 5.91 Å². The summed E-state index contributed by atoms with van der Waals surface area (Å²) < 4.78 is 17.4. The number of carbonyl (C=O) groups is 1. The number of aromatic nitrogens is 1. The zero-order chi connectivity index (χ0) is 24.9. The predicted octanol–water partition coefficient (Wildman–Crippen LogP) is 4.65. The third-order valence-corrected chi connectivity index (χ3v) is 6.61. The third kappa shape index (κ3) is 5.58. The van der Waals surface area contributed by atoms with Gasteiger partial charge in [-0.25, -0.2) is 0 Å². The van der Waals surface area contributed by atoms with E-state index < -0.39 is 0 Å². The molecule has 0 spiro atoms. The highest BCUT2D eigenvalue weighted by Crippen LogP contribution is 2.28. The van der Waals surface area contributed by atoms with Gasteiger partial charge in [-0.1, -0.05) is 59.8 Å². The maximum atomic E-state index is 13.3. The molecule has 7 heteroatoms. The van der Waals surface area contributed by atoms with Crippen molar-refractivity contribution in [1.82, 2.24) is 15.4 Å². The van der Waals surface area contributed by atoms with Gasteiger partial charge in [0.1, 0.15) is 18.1 Å². The van der Waals surface area contributed by atoms with Crippen LogP contribution in [0.25, 0.3) is 10.8 Å². The molecule has 0 saturated carbocycles. The maximum absolute atomic E-state index is 13.3. The summed E-state index contributed by atoms with van der Waals surface area (Å²) in [5.74, 6) is 1.06. The van der Waals surface area contributed by atoms with Crippen molar-refractivity contribution in [2.45, 2.75) is 33.1 Å². The highest BCUT2D eigenvalue weighted by molar-refractivity contribution is 6.01. The number of fused-ring (bicyclic) bond motifs is 1. The molecule has 7 nitrogen and oxygen atoms in total. The summed E-state index contributed by atoms with van der Waals surface area (Å²) in [5.41, 5.74) is 3.45. The number of rotatable bonds is 8. The van der Waals surface area contributed by atoms with E-state index in [-0.39, 0.29) is 18.6 Å². The molecule has 0 radical (unpaired) electrons. The fourth-order valence-electron chi connectivity index (χ4n) is 4.57. The number of amides is 1. The fraction of sp³-hybridized carbons (Fsp3) is 0.310. The Morgan fingerprint density at radius 3 is 2.58 bits per heavy atom. The molecule has 186 valence electrons. The van der Waals surface area contributed by atoms with Crippen molar-refractivity contribution in [3.63, 3.8) is 0 Å². The van der Waals surface area contributed by atoms with Gasteiger partial charge in [-0.3, -0.25) is 9.69 Å². The highest BCUT2D eigenvalue weighted by atomic mass is 16.5. The summed E-state index contributed by atoms with van der Waals surface area (Å²) in [4.78, 5) is 15.7. The van der Waals surface area contributed by atoms with Gasteiger partial charge >= 0.3 is 0 Å². The summed E-state index contributed by atoms with van der Waals surface area (Å²) in [7, 11) is 0. The number of morpholine rings is 1. The smallest absolute Gasteiger partial charge is 0.255 e. The molecule has 1 aliphatic rings. The van der Waals surface area contributed by atoms with Crippen LogP contribution in [0.4, 0.5) is 0 Å². The third-order valence-electron chi connectivity index (χ3n) is 6.61. The number of benzene rings is 3. The quantitative estimate of drug-likeness (QED) is 0.391. The number of nitrogens with zero attached hydrogens (tertiary/aromatic N) is 2. The first-order valence-corrected chi connectivity index (χ1v) is 12.3. The molecule has 0 aliphatic carbocycles. The van der Waals surface area contributed by atoms with E-state index in [4.69, 9.17) is 14.0 Å². The summed E-state index contributed by atoms with van der Waals surface area (Å²) >= 11 is 0. The Labute approximate surface area is 211 Å². The first-order valence-electron chi connectivity index (χ1n) is 12.3. The Kier molecular flexibility index (Phi) is 7.30. The lowest BCUT2D eigenvalue weighted by molar-refractivity contribution is -0.0292. The molecule has 1 N–H and O–H groups in total. The molecule has 1 unspecified atom stereocenters. The Bertz CT molecular complexity index is 1320. The van der Waals surface area contributed by atoms with E-state index in [1.54, 1.807) is 0 Å². The van der Waals surface area contributed by atoms with Crippen molar-refractivity contribution < 1.29 is 18.8 Å². The van der Waals surface area contributed by atoms with Gasteiger partial charge in [-0.15, -0.1) is 0 Å². The van der Waals surface area contributed by atoms with Crippen molar-refractivity contribution in [3.8, 4) is 5.75 Å². The van der Waals surface area contributed by atoms with Crippen molar-refractivity contribution in [1.29, 1.82) is 0 Å². The summed E-state index contributed by atoms with van der Waals surface area (Å²) in [6.45, 7) is 7.62. The molecule has 0 bridgehead atoms. The minimum atomic E-state index is -0.182. The van der Waals surface area contributed by atoms with Gasteiger partial charge in [0.15, 0.2) is 0 Å². The molecule has 1 amide bonds. The number of aryl methyl sites for hydroxylation is 2. The number of nitrogens with one attached hydrogen (secondary N) is 1. The van der Waals surface area contributed by atoms with Gasteiger partial charge in [0.05, 0.1) is 29.5 Å². The molecule has 1 saturated heterocycles. The Morgan fingerprint density at radius 1 is 1.08 bits per heavy atom. The molecule has 5 rings (SSSR count). The molecule has 3 aromatic carbocycles. The molecular formula is C29H31N3O4. The fourth-order valence-corrected chi connectivity index (χ4v) is 4.57. The summed E-state index contributed by atoms with van der Waals surface area (Å²) in [5, 5.41) is 9.06. The second-order valence-electron chi connectivity index (χ2n) is 9.21. The van der Waals surface area contributed by atoms with E-state index in [0.717, 1.165) is 41.7 Å². The van der Waals surface area contributed by atoms with Gasteiger partial charge < -0.3 is 19.3 Å². The monoisotopic (exact) mass is 485 g/mol. The molecular weight excluding hydrogens is 454 g/mol.